The molecule has 284 valence electrons. The number of aliphatic hydroxyl groups is 4. The van der Waals surface area contributed by atoms with E-state index in [4.69, 9.17) is 33.2 Å². The molecular formula is C34H58O15. The first-order valence-electron chi connectivity index (χ1n) is 17.5. The van der Waals surface area contributed by atoms with Crippen molar-refractivity contribution >= 4 is 23.9 Å². The largest absolute Gasteiger partial charge is 0.463 e. The third-order valence-corrected chi connectivity index (χ3v) is 8.36. The second kappa shape index (κ2) is 20.4. The molecule has 2 saturated heterocycles. The molecule has 2 aliphatic heterocycles. The molecule has 0 unspecified atom stereocenters. The Labute approximate surface area is 288 Å². The average Bonchev–Trinajstić information content (AvgIpc) is 3.32. The quantitative estimate of drug-likeness (QED) is 0.0809. The number of rotatable bonds is 20. The van der Waals surface area contributed by atoms with Gasteiger partial charge in [0.1, 0.15) is 37.6 Å². The highest BCUT2D eigenvalue weighted by Gasteiger charge is 2.62. The average molecular weight is 707 g/mol. The van der Waals surface area contributed by atoms with E-state index in [2.05, 4.69) is 6.92 Å². The lowest BCUT2D eigenvalue weighted by Gasteiger charge is -2.46. The Bertz CT molecular complexity index is 1050. The maximum absolute atomic E-state index is 13.2. The third kappa shape index (κ3) is 12.1. The first-order chi connectivity index (χ1) is 23.1. The van der Waals surface area contributed by atoms with Crippen LogP contribution in [0.4, 0.5) is 0 Å². The normalized spacial score (nSPS) is 30.1. The van der Waals surface area contributed by atoms with Gasteiger partial charge in [0.2, 0.25) is 12.1 Å². The third-order valence-electron chi connectivity index (χ3n) is 8.36. The standard InChI is InChI=1S/C34H58O15/c1-8-9-10-11-12-13-14-15-24(37)45-28-27(46-31(41)20(4)5)25(38)23(17-43-30(40)19(2)3)44-33(28)49-34(18-36)29(47-32(42)21(6)7)26(39)22(16-35)48-34/h19-23,25-29,33,35-36,38-39H,8-18H2,1-7H3/t22-,23-,25-,26-,27+,28-,29-,33+,34-/m0/s1. The van der Waals surface area contributed by atoms with Gasteiger partial charge in [-0.3, -0.25) is 19.2 Å². The summed E-state index contributed by atoms with van der Waals surface area (Å²) in [6.45, 7) is 9.18. The topological polar surface area (TPSA) is 214 Å². The van der Waals surface area contributed by atoms with E-state index < -0.39 is 116 Å². The molecule has 4 N–H and O–H groups in total. The molecule has 0 aliphatic carbocycles. The Morgan fingerprint density at radius 3 is 1.84 bits per heavy atom. The van der Waals surface area contributed by atoms with Gasteiger partial charge in [0.05, 0.1) is 24.4 Å². The predicted octanol–water partition coefficient (Wildman–Crippen LogP) is 1.92. The Morgan fingerprint density at radius 1 is 0.714 bits per heavy atom. The minimum absolute atomic E-state index is 0.0189. The molecular weight excluding hydrogens is 648 g/mol. The van der Waals surface area contributed by atoms with Crippen LogP contribution < -0.4 is 0 Å². The number of ether oxygens (including phenoxy) is 7. The van der Waals surface area contributed by atoms with E-state index >= 15 is 0 Å². The molecule has 49 heavy (non-hydrogen) atoms. The van der Waals surface area contributed by atoms with Crippen molar-refractivity contribution in [3.63, 3.8) is 0 Å². The summed E-state index contributed by atoms with van der Waals surface area (Å²) >= 11 is 0. The summed E-state index contributed by atoms with van der Waals surface area (Å²) < 4.78 is 40.1. The molecule has 0 spiro atoms. The van der Waals surface area contributed by atoms with Crippen molar-refractivity contribution in [3.8, 4) is 0 Å². The van der Waals surface area contributed by atoms with E-state index in [1.54, 1.807) is 41.5 Å². The van der Waals surface area contributed by atoms with Crippen LogP contribution in [0.5, 0.6) is 0 Å². The lowest BCUT2D eigenvalue weighted by Crippen LogP contribution is -2.65. The summed E-state index contributed by atoms with van der Waals surface area (Å²) in [4.78, 5) is 51.1. The van der Waals surface area contributed by atoms with Crippen molar-refractivity contribution in [1.29, 1.82) is 0 Å². The van der Waals surface area contributed by atoms with Gasteiger partial charge in [-0.05, 0) is 6.42 Å². The van der Waals surface area contributed by atoms with E-state index in [1.807, 2.05) is 0 Å². The number of hydrogen-bond acceptors (Lipinski definition) is 15. The van der Waals surface area contributed by atoms with Crippen LogP contribution in [0.1, 0.15) is 99.8 Å². The molecule has 2 heterocycles. The summed E-state index contributed by atoms with van der Waals surface area (Å²) in [6.07, 6.45) is -6.45. The van der Waals surface area contributed by atoms with Crippen molar-refractivity contribution in [2.24, 2.45) is 17.8 Å². The maximum atomic E-state index is 13.2. The van der Waals surface area contributed by atoms with Crippen LogP contribution in [0.2, 0.25) is 0 Å². The fraction of sp³-hybridized carbons (Fsp3) is 0.882. The van der Waals surface area contributed by atoms with Crippen LogP contribution in [-0.2, 0) is 52.3 Å². The summed E-state index contributed by atoms with van der Waals surface area (Å²) in [6, 6.07) is 0. The molecule has 2 rings (SSSR count). The van der Waals surface area contributed by atoms with Gasteiger partial charge in [0.15, 0.2) is 18.3 Å². The zero-order valence-corrected chi connectivity index (χ0v) is 29.9. The molecule has 0 aromatic carbocycles. The summed E-state index contributed by atoms with van der Waals surface area (Å²) in [5, 5.41) is 42.9. The van der Waals surface area contributed by atoms with Crippen LogP contribution in [0, 0.1) is 17.8 Å². The molecule has 0 aromatic rings. The summed E-state index contributed by atoms with van der Waals surface area (Å²) in [7, 11) is 0. The van der Waals surface area contributed by atoms with Crippen molar-refractivity contribution in [1.82, 2.24) is 0 Å². The Kier molecular flexibility index (Phi) is 17.8. The smallest absolute Gasteiger partial charge is 0.308 e. The van der Waals surface area contributed by atoms with Crippen molar-refractivity contribution in [3.05, 3.63) is 0 Å². The molecule has 9 atom stereocenters. The van der Waals surface area contributed by atoms with E-state index in [1.165, 1.54) is 0 Å². The lowest BCUT2D eigenvalue weighted by molar-refractivity contribution is -0.384. The molecule has 0 bridgehead atoms. The SMILES string of the molecule is CCCCCCCCCC(=O)O[C@@H]1[C@@H](O[C@]2(CO)O[C@@H](CO)[C@H](O)[C@@H]2OC(=O)C(C)C)O[C@@H](COC(=O)C(C)C)[C@H](O)[C@H]1OC(=O)C(C)C. The molecule has 2 fully saturated rings. The monoisotopic (exact) mass is 706 g/mol. The van der Waals surface area contributed by atoms with Gasteiger partial charge >= 0.3 is 23.9 Å². The molecule has 0 radical (unpaired) electrons. The summed E-state index contributed by atoms with van der Waals surface area (Å²) in [5.74, 6) is -7.14. The number of aliphatic hydroxyl groups excluding tert-OH is 4. The van der Waals surface area contributed by atoms with Gasteiger partial charge in [0.25, 0.3) is 0 Å². The fourth-order valence-electron chi connectivity index (χ4n) is 5.29. The minimum Gasteiger partial charge on any atom is -0.463 e. The molecule has 2 aliphatic rings. The zero-order chi connectivity index (χ0) is 36.9. The first-order valence-corrected chi connectivity index (χ1v) is 17.5. The van der Waals surface area contributed by atoms with Gasteiger partial charge in [-0.15, -0.1) is 0 Å². The van der Waals surface area contributed by atoms with Crippen LogP contribution in [0.3, 0.4) is 0 Å². The van der Waals surface area contributed by atoms with E-state index in [-0.39, 0.29) is 6.42 Å². The highest BCUT2D eigenvalue weighted by atomic mass is 16.8. The van der Waals surface area contributed by atoms with E-state index in [9.17, 15) is 39.6 Å². The fourth-order valence-corrected chi connectivity index (χ4v) is 5.29. The van der Waals surface area contributed by atoms with Crippen LogP contribution >= 0.6 is 0 Å². The Balaban J connectivity index is 2.49. The van der Waals surface area contributed by atoms with Gasteiger partial charge in [-0.2, -0.15) is 0 Å². The molecule has 15 heteroatoms. The molecule has 15 nitrogen and oxygen atoms in total. The van der Waals surface area contributed by atoms with Crippen molar-refractivity contribution < 1.29 is 72.8 Å². The van der Waals surface area contributed by atoms with Crippen molar-refractivity contribution in [2.75, 3.05) is 19.8 Å². The minimum atomic E-state index is -2.39. The van der Waals surface area contributed by atoms with E-state index in [0.29, 0.717) is 6.42 Å². The lowest BCUT2D eigenvalue weighted by atomic mass is 9.97. The van der Waals surface area contributed by atoms with Gasteiger partial charge < -0.3 is 53.6 Å². The van der Waals surface area contributed by atoms with Crippen LogP contribution in [0.15, 0.2) is 0 Å². The number of carbonyl (C=O) groups excluding carboxylic acids is 4. The number of carbonyl (C=O) groups is 4. The highest BCUT2D eigenvalue weighted by Crippen LogP contribution is 2.39. The van der Waals surface area contributed by atoms with Crippen molar-refractivity contribution in [2.45, 2.75) is 155 Å². The summed E-state index contributed by atoms with van der Waals surface area (Å²) in [5.41, 5.74) is 0. The van der Waals surface area contributed by atoms with Gasteiger partial charge in [0, 0.05) is 6.42 Å². The Hall–Kier alpha value is -2.40. The molecule has 0 aromatic heterocycles. The number of hydrogen-bond donors (Lipinski definition) is 4. The Morgan fingerprint density at radius 2 is 1.29 bits per heavy atom. The molecule has 0 saturated carbocycles. The zero-order valence-electron chi connectivity index (χ0n) is 29.9. The second-order valence-corrected chi connectivity index (χ2v) is 13.6. The van der Waals surface area contributed by atoms with Crippen LogP contribution in [0.25, 0.3) is 0 Å². The predicted molar refractivity (Wildman–Crippen MR) is 171 cm³/mol. The van der Waals surface area contributed by atoms with Crippen LogP contribution in [-0.4, -0.2) is 119 Å². The van der Waals surface area contributed by atoms with E-state index in [0.717, 1.165) is 38.5 Å². The highest BCUT2D eigenvalue weighted by molar-refractivity contribution is 5.73. The van der Waals surface area contributed by atoms with Gasteiger partial charge in [-0.25, -0.2) is 0 Å². The van der Waals surface area contributed by atoms with Gasteiger partial charge in [-0.1, -0.05) is 87.0 Å². The first kappa shape index (κ1) is 42.8. The maximum Gasteiger partial charge on any atom is 0.308 e. The molecule has 0 amide bonds. The second-order valence-electron chi connectivity index (χ2n) is 13.6. The number of esters is 4. The number of unbranched alkanes of at least 4 members (excludes halogenated alkanes) is 6.